The van der Waals surface area contributed by atoms with Gasteiger partial charge in [0.15, 0.2) is 0 Å². The van der Waals surface area contributed by atoms with Crippen LogP contribution >= 0.6 is 27.3 Å². The normalized spacial score (nSPS) is 16.2. The van der Waals surface area contributed by atoms with Crippen molar-refractivity contribution in [2.45, 2.75) is 25.4 Å². The van der Waals surface area contributed by atoms with E-state index in [1.807, 2.05) is 29.6 Å². The van der Waals surface area contributed by atoms with Crippen molar-refractivity contribution in [1.82, 2.24) is 0 Å². The lowest BCUT2D eigenvalue weighted by molar-refractivity contribution is -0.116. The molecule has 1 amide bonds. The molecule has 104 valence electrons. The molecule has 20 heavy (non-hydrogen) atoms. The largest absolute Gasteiger partial charge is 0.383 e. The van der Waals surface area contributed by atoms with Gasteiger partial charge in [0, 0.05) is 16.6 Å². The van der Waals surface area contributed by atoms with Crippen LogP contribution in [0.25, 0.3) is 0 Å². The lowest BCUT2D eigenvalue weighted by Gasteiger charge is -2.14. The third kappa shape index (κ3) is 2.66. The number of halogens is 1. The van der Waals surface area contributed by atoms with E-state index < -0.39 is 6.10 Å². The number of hydrogen-bond acceptors (Lipinski definition) is 3. The predicted octanol–water partition coefficient (Wildman–Crippen LogP) is 3.87. The van der Waals surface area contributed by atoms with Crippen LogP contribution in [0.1, 0.15) is 34.9 Å². The van der Waals surface area contributed by atoms with Gasteiger partial charge in [0.2, 0.25) is 5.91 Å². The Bertz CT molecular complexity index is 653. The Kier molecular flexibility index (Phi) is 3.92. The molecule has 3 nitrogen and oxygen atoms in total. The van der Waals surface area contributed by atoms with Crippen molar-refractivity contribution < 1.29 is 9.90 Å². The molecule has 1 atom stereocenters. The van der Waals surface area contributed by atoms with Gasteiger partial charge in [-0.15, -0.1) is 11.3 Å². The van der Waals surface area contributed by atoms with Crippen molar-refractivity contribution in [2.24, 2.45) is 0 Å². The van der Waals surface area contributed by atoms with Gasteiger partial charge in [-0.1, -0.05) is 12.1 Å². The van der Waals surface area contributed by atoms with Gasteiger partial charge < -0.3 is 10.4 Å². The number of thiophene rings is 1. The average Bonchev–Trinajstić information content (AvgIpc) is 2.76. The summed E-state index contributed by atoms with van der Waals surface area (Å²) < 4.78 is 0.929. The number of hydrogen-bond donors (Lipinski definition) is 2. The predicted molar refractivity (Wildman–Crippen MR) is 84.1 cm³/mol. The zero-order valence-corrected chi connectivity index (χ0v) is 13.1. The van der Waals surface area contributed by atoms with E-state index >= 15 is 0 Å². The van der Waals surface area contributed by atoms with Gasteiger partial charge in [0.1, 0.15) is 6.10 Å². The number of fused-ring (bicyclic) bond motifs is 1. The maximum atomic E-state index is 11.5. The summed E-state index contributed by atoms with van der Waals surface area (Å²) in [6, 6.07) is 7.70. The summed E-state index contributed by atoms with van der Waals surface area (Å²) in [6.45, 7) is 0. The minimum absolute atomic E-state index is 0.0676. The van der Waals surface area contributed by atoms with Crippen LogP contribution in [0.15, 0.2) is 34.1 Å². The van der Waals surface area contributed by atoms with E-state index in [-0.39, 0.29) is 5.91 Å². The number of carbonyl (C=O) groups is 1. The standard InChI is InChI=1S/C15H14BrNO2S/c16-11-6-7-20-15(11)14(19)10-4-5-12-9(8-10)2-1-3-13(18)17-12/h4-8,14,19H,1-3H2,(H,17,18). The fraction of sp³-hybridized carbons (Fsp3) is 0.267. The van der Waals surface area contributed by atoms with Gasteiger partial charge in [0.25, 0.3) is 0 Å². The molecule has 0 radical (unpaired) electrons. The van der Waals surface area contributed by atoms with Gasteiger partial charge in [-0.3, -0.25) is 4.79 Å². The molecule has 0 bridgehead atoms. The van der Waals surface area contributed by atoms with E-state index in [1.54, 1.807) is 0 Å². The molecular formula is C15H14BrNO2S. The number of anilines is 1. The minimum Gasteiger partial charge on any atom is -0.383 e. The summed E-state index contributed by atoms with van der Waals surface area (Å²) in [5.41, 5.74) is 2.83. The van der Waals surface area contributed by atoms with Crippen LogP contribution in [0.3, 0.4) is 0 Å². The molecule has 2 N–H and O–H groups in total. The van der Waals surface area contributed by atoms with E-state index in [1.165, 1.54) is 11.3 Å². The summed E-state index contributed by atoms with van der Waals surface area (Å²) in [5.74, 6) is 0.0676. The van der Waals surface area contributed by atoms with Crippen LogP contribution < -0.4 is 5.32 Å². The second kappa shape index (κ2) is 5.68. The first kappa shape index (κ1) is 13.8. The average molecular weight is 352 g/mol. The van der Waals surface area contributed by atoms with Gasteiger partial charge in [0.05, 0.1) is 4.88 Å². The molecule has 2 aromatic rings. The molecule has 1 unspecified atom stereocenters. The first-order valence-electron chi connectivity index (χ1n) is 6.49. The van der Waals surface area contributed by atoms with Crippen LogP contribution in [-0.4, -0.2) is 11.0 Å². The van der Waals surface area contributed by atoms with Crippen LogP contribution in [0.5, 0.6) is 0 Å². The smallest absolute Gasteiger partial charge is 0.224 e. The number of amides is 1. The van der Waals surface area contributed by atoms with Gasteiger partial charge in [-0.2, -0.15) is 0 Å². The zero-order valence-electron chi connectivity index (χ0n) is 10.7. The third-order valence-corrected chi connectivity index (χ3v) is 5.39. The Morgan fingerprint density at radius 1 is 1.30 bits per heavy atom. The summed E-state index contributed by atoms with van der Waals surface area (Å²) in [6.07, 6.45) is 1.64. The molecule has 1 aromatic heterocycles. The molecule has 1 aliphatic rings. The van der Waals surface area contributed by atoms with Gasteiger partial charge in [-0.05, 0) is 57.4 Å². The number of aryl methyl sites for hydroxylation is 1. The van der Waals surface area contributed by atoms with Gasteiger partial charge in [-0.25, -0.2) is 0 Å². The molecule has 1 aliphatic heterocycles. The summed E-state index contributed by atoms with van der Waals surface area (Å²) >= 11 is 4.98. The second-order valence-corrected chi connectivity index (χ2v) is 6.66. The number of aliphatic hydroxyl groups is 1. The Labute approximate surface area is 129 Å². The molecule has 1 aromatic carbocycles. The Morgan fingerprint density at radius 3 is 2.90 bits per heavy atom. The number of aliphatic hydroxyl groups excluding tert-OH is 1. The summed E-state index contributed by atoms with van der Waals surface area (Å²) in [7, 11) is 0. The van der Waals surface area contributed by atoms with E-state index in [0.717, 1.165) is 39.0 Å². The molecule has 0 saturated carbocycles. The Balaban J connectivity index is 1.94. The molecular weight excluding hydrogens is 338 g/mol. The maximum absolute atomic E-state index is 11.5. The van der Waals surface area contributed by atoms with Crippen molar-refractivity contribution in [2.75, 3.05) is 5.32 Å². The number of carbonyl (C=O) groups excluding carboxylic acids is 1. The summed E-state index contributed by atoms with van der Waals surface area (Å²) in [5, 5.41) is 15.3. The molecule has 0 aliphatic carbocycles. The zero-order chi connectivity index (χ0) is 14.1. The SMILES string of the molecule is O=C1CCCc2cc(C(O)c3sccc3Br)ccc2N1. The molecule has 3 rings (SSSR count). The highest BCUT2D eigenvalue weighted by Crippen LogP contribution is 2.34. The first-order chi connectivity index (χ1) is 9.65. The third-order valence-electron chi connectivity index (χ3n) is 3.46. The Hall–Kier alpha value is -1.17. The summed E-state index contributed by atoms with van der Waals surface area (Å²) in [4.78, 5) is 12.4. The number of benzene rings is 1. The lowest BCUT2D eigenvalue weighted by Crippen LogP contribution is -2.09. The molecule has 2 heterocycles. The Morgan fingerprint density at radius 2 is 2.15 bits per heavy atom. The van der Waals surface area contributed by atoms with Crippen molar-refractivity contribution in [3.8, 4) is 0 Å². The molecule has 0 spiro atoms. The molecule has 0 fully saturated rings. The topological polar surface area (TPSA) is 49.3 Å². The van der Waals surface area contributed by atoms with Gasteiger partial charge >= 0.3 is 0 Å². The monoisotopic (exact) mass is 351 g/mol. The van der Waals surface area contributed by atoms with Crippen molar-refractivity contribution in [3.05, 3.63) is 50.1 Å². The maximum Gasteiger partial charge on any atom is 0.224 e. The lowest BCUT2D eigenvalue weighted by atomic mass is 10.0. The highest BCUT2D eigenvalue weighted by Gasteiger charge is 2.18. The number of rotatable bonds is 2. The van der Waals surface area contributed by atoms with Crippen LogP contribution in [0.4, 0.5) is 5.69 Å². The van der Waals surface area contributed by atoms with Crippen molar-refractivity contribution in [3.63, 3.8) is 0 Å². The fourth-order valence-electron chi connectivity index (χ4n) is 2.42. The number of nitrogens with one attached hydrogen (secondary N) is 1. The first-order valence-corrected chi connectivity index (χ1v) is 8.16. The quantitative estimate of drug-likeness (QED) is 0.862. The second-order valence-electron chi connectivity index (χ2n) is 4.85. The van der Waals surface area contributed by atoms with E-state index in [0.29, 0.717) is 6.42 Å². The van der Waals surface area contributed by atoms with Crippen LogP contribution in [0, 0.1) is 0 Å². The molecule has 0 saturated heterocycles. The van der Waals surface area contributed by atoms with E-state index in [9.17, 15) is 9.90 Å². The fourth-order valence-corrected chi connectivity index (χ4v) is 4.02. The van der Waals surface area contributed by atoms with Crippen LogP contribution in [0.2, 0.25) is 0 Å². The molecule has 5 heteroatoms. The van der Waals surface area contributed by atoms with E-state index in [2.05, 4.69) is 21.2 Å². The minimum atomic E-state index is -0.631. The van der Waals surface area contributed by atoms with Crippen molar-refractivity contribution >= 4 is 38.9 Å². The highest BCUT2D eigenvalue weighted by molar-refractivity contribution is 9.10. The van der Waals surface area contributed by atoms with Crippen LogP contribution in [-0.2, 0) is 11.2 Å². The highest BCUT2D eigenvalue weighted by atomic mass is 79.9. The van der Waals surface area contributed by atoms with Crippen molar-refractivity contribution in [1.29, 1.82) is 0 Å². The van der Waals surface area contributed by atoms with E-state index in [4.69, 9.17) is 0 Å².